The second kappa shape index (κ2) is 13.4. The van der Waals surface area contributed by atoms with Gasteiger partial charge in [0.25, 0.3) is 11.8 Å². The molecule has 0 saturated heterocycles. The lowest BCUT2D eigenvalue weighted by Gasteiger charge is -2.37. The highest BCUT2D eigenvalue weighted by Gasteiger charge is 2.36. The van der Waals surface area contributed by atoms with Gasteiger partial charge in [-0.1, -0.05) is 48.6 Å². The molecule has 0 spiro atoms. The number of carbonyl (C=O) groups excluding carboxylic acids is 3. The van der Waals surface area contributed by atoms with Crippen molar-refractivity contribution in [1.82, 2.24) is 14.9 Å². The molecule has 2 aromatic carbocycles. The van der Waals surface area contributed by atoms with Gasteiger partial charge in [-0.05, 0) is 37.3 Å². The lowest BCUT2D eigenvalue weighted by atomic mass is 10.1. The van der Waals surface area contributed by atoms with E-state index < -0.39 is 23.1 Å². The van der Waals surface area contributed by atoms with Crippen LogP contribution in [-0.2, 0) is 17.9 Å². The van der Waals surface area contributed by atoms with E-state index in [1.807, 2.05) is 30.4 Å². The van der Waals surface area contributed by atoms with E-state index in [9.17, 15) is 23.6 Å². The molecule has 3 amide bonds. The maximum absolute atomic E-state index is 14.0. The molecule has 1 N–H and O–H groups in total. The maximum atomic E-state index is 14.0. The van der Waals surface area contributed by atoms with E-state index in [2.05, 4.69) is 5.32 Å². The summed E-state index contributed by atoms with van der Waals surface area (Å²) in [6.45, 7) is 0.145. The molecular formula is C32H33FN4O6. The van der Waals surface area contributed by atoms with Crippen LogP contribution in [0.5, 0.6) is 11.5 Å². The van der Waals surface area contributed by atoms with Crippen molar-refractivity contribution in [3.8, 4) is 11.5 Å². The number of amides is 3. The zero-order chi connectivity index (χ0) is 30.3. The summed E-state index contributed by atoms with van der Waals surface area (Å²) >= 11 is 0. The summed E-state index contributed by atoms with van der Waals surface area (Å²) in [6.07, 6.45) is 8.13. The monoisotopic (exact) mass is 588 g/mol. The van der Waals surface area contributed by atoms with Gasteiger partial charge in [-0.15, -0.1) is 0 Å². The minimum atomic E-state index is -0.789. The number of hydrogen-bond donors (Lipinski definition) is 1. The van der Waals surface area contributed by atoms with Crippen LogP contribution in [0.25, 0.3) is 0 Å². The van der Waals surface area contributed by atoms with Crippen LogP contribution in [0.1, 0.15) is 64.1 Å². The molecule has 224 valence electrons. The Bertz CT molecular complexity index is 1600. The highest BCUT2D eigenvalue weighted by Crippen LogP contribution is 2.25. The first kappa shape index (κ1) is 29.6. The summed E-state index contributed by atoms with van der Waals surface area (Å²) in [5.74, 6) is -2.06. The molecule has 2 aliphatic rings. The zero-order valence-corrected chi connectivity index (χ0v) is 23.9. The lowest BCUT2D eigenvalue weighted by molar-refractivity contribution is -0.120. The van der Waals surface area contributed by atoms with Crippen molar-refractivity contribution < 1.29 is 28.2 Å². The molecule has 0 aliphatic carbocycles. The van der Waals surface area contributed by atoms with E-state index >= 15 is 0 Å². The molecule has 2 bridgehead atoms. The molecule has 0 fully saturated rings. The topological polar surface area (TPSA) is 110 Å². The number of ether oxygens (including phenoxy) is 2. The van der Waals surface area contributed by atoms with Crippen molar-refractivity contribution in [2.45, 2.75) is 45.3 Å². The van der Waals surface area contributed by atoms with Gasteiger partial charge in [0.15, 0.2) is 11.4 Å². The van der Waals surface area contributed by atoms with Crippen LogP contribution in [-0.4, -0.2) is 47.6 Å². The van der Waals surface area contributed by atoms with E-state index in [4.69, 9.17) is 9.47 Å². The van der Waals surface area contributed by atoms with Gasteiger partial charge in [-0.2, -0.15) is 0 Å². The van der Waals surface area contributed by atoms with Gasteiger partial charge in [-0.25, -0.2) is 14.1 Å². The summed E-state index contributed by atoms with van der Waals surface area (Å²) in [6, 6.07) is 13.1. The number of pyridine rings is 1. The number of fused-ring (bicyclic) bond motifs is 2. The first-order chi connectivity index (χ1) is 20.8. The third kappa shape index (κ3) is 6.77. The predicted molar refractivity (Wildman–Crippen MR) is 157 cm³/mol. The Kier molecular flexibility index (Phi) is 9.19. The van der Waals surface area contributed by atoms with Gasteiger partial charge >= 0.3 is 0 Å². The second-order valence-electron chi connectivity index (χ2n) is 10.4. The van der Waals surface area contributed by atoms with E-state index in [-0.39, 0.29) is 54.9 Å². The number of rotatable bonds is 3. The summed E-state index contributed by atoms with van der Waals surface area (Å²) in [7, 11) is 1.53. The minimum absolute atomic E-state index is 0.0388. The Hall–Kier alpha value is -4.93. The number of hydrogen-bond acceptors (Lipinski definition) is 6. The number of aromatic nitrogens is 1. The van der Waals surface area contributed by atoms with Gasteiger partial charge in [0.2, 0.25) is 11.3 Å². The Morgan fingerprint density at radius 1 is 1.00 bits per heavy atom. The molecule has 0 radical (unpaired) electrons. The van der Waals surface area contributed by atoms with Crippen LogP contribution in [0.3, 0.4) is 0 Å². The minimum Gasteiger partial charge on any atom is -0.493 e. The number of allylic oxidation sites excluding steroid dienone is 1. The highest BCUT2D eigenvalue weighted by molar-refractivity contribution is 6.01. The Labute approximate surface area is 248 Å². The molecule has 11 heteroatoms. The third-order valence-electron chi connectivity index (χ3n) is 7.25. The summed E-state index contributed by atoms with van der Waals surface area (Å²) in [4.78, 5) is 55.4. The van der Waals surface area contributed by atoms with Crippen molar-refractivity contribution in [3.05, 3.63) is 105 Å². The van der Waals surface area contributed by atoms with Crippen molar-refractivity contribution in [2.24, 2.45) is 0 Å². The maximum Gasteiger partial charge on any atom is 0.277 e. The summed E-state index contributed by atoms with van der Waals surface area (Å²) in [5.41, 5.74) is 0.0266. The smallest absolute Gasteiger partial charge is 0.277 e. The van der Waals surface area contributed by atoms with Crippen LogP contribution in [0.2, 0.25) is 0 Å². The van der Waals surface area contributed by atoms with E-state index in [1.54, 1.807) is 12.1 Å². The molecule has 0 saturated carbocycles. The molecular weight excluding hydrogens is 555 g/mol. The SMILES string of the molecule is CN1CN2C(=O)CCCC/C=C\CCOc3cc(F)ccc3CNC(=O)c3cn2c(c(OCc2ccccc2)c3=O)C1=O. The molecule has 0 atom stereocenters. The van der Waals surface area contributed by atoms with E-state index in [0.717, 1.165) is 18.4 Å². The summed E-state index contributed by atoms with van der Waals surface area (Å²) < 4.78 is 27.0. The number of nitrogens with zero attached hydrogens (tertiary/aromatic N) is 3. The molecule has 43 heavy (non-hydrogen) atoms. The number of nitrogens with one attached hydrogen (secondary N) is 1. The third-order valence-corrected chi connectivity index (χ3v) is 7.25. The van der Waals surface area contributed by atoms with Crippen LogP contribution >= 0.6 is 0 Å². The molecule has 0 unspecified atom stereocenters. The Balaban J connectivity index is 1.57. The first-order valence-corrected chi connectivity index (χ1v) is 14.2. The first-order valence-electron chi connectivity index (χ1n) is 14.2. The molecule has 10 nitrogen and oxygen atoms in total. The average Bonchev–Trinajstić information content (AvgIpc) is 3.00. The highest BCUT2D eigenvalue weighted by atomic mass is 19.1. The van der Waals surface area contributed by atoms with Crippen LogP contribution in [0.4, 0.5) is 4.39 Å². The fraction of sp³-hybridized carbons (Fsp3) is 0.312. The fourth-order valence-electron chi connectivity index (χ4n) is 4.92. The zero-order valence-electron chi connectivity index (χ0n) is 23.9. The van der Waals surface area contributed by atoms with Crippen LogP contribution < -0.4 is 25.2 Å². The van der Waals surface area contributed by atoms with Crippen molar-refractivity contribution in [3.63, 3.8) is 0 Å². The second-order valence-corrected chi connectivity index (χ2v) is 10.4. The van der Waals surface area contributed by atoms with E-state index in [0.29, 0.717) is 25.0 Å². The Morgan fingerprint density at radius 3 is 2.60 bits per heavy atom. The van der Waals surface area contributed by atoms with Gasteiger partial charge in [-0.3, -0.25) is 19.2 Å². The predicted octanol–water partition coefficient (Wildman–Crippen LogP) is 3.90. The fourth-order valence-corrected chi connectivity index (χ4v) is 4.92. The molecule has 1 aromatic heterocycles. The molecule has 5 rings (SSSR count). The standard InChI is InChI=1S/C32H33FN4O6/c1-35-21-37-27(38)13-9-4-2-3-5-10-16-42-26-17-24(33)15-14-23(26)18-34-31(40)25-19-36(37)28(32(35)41)30(29(25)39)43-20-22-11-7-6-8-12-22/h3,5-8,11-12,14-15,17,19H,2,4,9-10,13,16,18,20-21H2,1H3,(H,34,40)/b5-3-. The van der Waals surface area contributed by atoms with Crippen LogP contribution in [0.15, 0.2) is 71.7 Å². The normalized spacial score (nSPS) is 17.1. The Morgan fingerprint density at radius 2 is 1.79 bits per heavy atom. The van der Waals surface area contributed by atoms with Crippen LogP contribution in [0, 0.1) is 5.82 Å². The van der Waals surface area contributed by atoms with Gasteiger partial charge in [0.1, 0.15) is 30.4 Å². The number of halogens is 1. The van der Waals surface area contributed by atoms with E-state index in [1.165, 1.54) is 46.0 Å². The van der Waals surface area contributed by atoms with Gasteiger partial charge in [0.05, 0.1) is 6.61 Å². The van der Waals surface area contributed by atoms with Gasteiger partial charge in [0, 0.05) is 37.8 Å². The molecule has 2 aliphatic heterocycles. The molecule has 3 heterocycles. The average molecular weight is 589 g/mol. The molecule has 3 aromatic rings. The van der Waals surface area contributed by atoms with Crippen molar-refractivity contribution in [2.75, 3.05) is 25.3 Å². The summed E-state index contributed by atoms with van der Waals surface area (Å²) in [5, 5.41) is 4.05. The van der Waals surface area contributed by atoms with Crippen molar-refractivity contribution >= 4 is 17.7 Å². The number of benzene rings is 2. The lowest BCUT2D eigenvalue weighted by Crippen LogP contribution is -2.55. The van der Waals surface area contributed by atoms with Crippen molar-refractivity contribution in [1.29, 1.82) is 0 Å². The van der Waals surface area contributed by atoms with Gasteiger partial charge < -0.3 is 19.7 Å². The number of carbonyl (C=O) groups is 3. The largest absolute Gasteiger partial charge is 0.493 e. The quantitative estimate of drug-likeness (QED) is 0.465.